The van der Waals surface area contributed by atoms with Gasteiger partial charge in [-0.15, -0.1) is 0 Å². The first kappa shape index (κ1) is 19.2. The van der Waals surface area contributed by atoms with Gasteiger partial charge in [-0.3, -0.25) is 4.90 Å². The van der Waals surface area contributed by atoms with Crippen molar-refractivity contribution in [2.24, 2.45) is 11.8 Å². The van der Waals surface area contributed by atoms with Crippen LogP contribution in [0.25, 0.3) is 0 Å². The summed E-state index contributed by atoms with van der Waals surface area (Å²) < 4.78 is 0. The molecule has 4 atom stereocenters. The molecule has 2 fully saturated rings. The van der Waals surface area contributed by atoms with Crippen LogP contribution in [-0.2, 0) is 0 Å². The maximum Gasteiger partial charge on any atom is 0.0182 e. The molecule has 136 valence electrons. The molecule has 0 N–H and O–H groups in total. The van der Waals surface area contributed by atoms with Crippen LogP contribution in [0.5, 0.6) is 0 Å². The second kappa shape index (κ2) is 8.34. The highest BCUT2D eigenvalue weighted by Crippen LogP contribution is 2.41. The Labute approximate surface area is 146 Å². The van der Waals surface area contributed by atoms with E-state index in [1.165, 1.54) is 64.5 Å². The molecule has 2 rings (SSSR count). The van der Waals surface area contributed by atoms with E-state index in [0.29, 0.717) is 5.54 Å². The van der Waals surface area contributed by atoms with Gasteiger partial charge in [0.05, 0.1) is 0 Å². The first-order valence-corrected chi connectivity index (χ1v) is 10.4. The summed E-state index contributed by atoms with van der Waals surface area (Å²) in [5.74, 6) is 1.71. The summed E-state index contributed by atoms with van der Waals surface area (Å²) in [7, 11) is 2.39. The van der Waals surface area contributed by atoms with Crippen LogP contribution in [0.4, 0.5) is 0 Å². The predicted octanol–water partition coefficient (Wildman–Crippen LogP) is 5.18. The van der Waals surface area contributed by atoms with Gasteiger partial charge in [-0.25, -0.2) is 0 Å². The van der Waals surface area contributed by atoms with E-state index in [-0.39, 0.29) is 0 Å². The summed E-state index contributed by atoms with van der Waals surface area (Å²) in [6, 6.07) is 1.67. The standard InChI is InChI=1S/C21H42N2/c1-7-10-18(20-11-9-16-23(20)8-2)12-14-21(5)15-13-19(17(3)4)22(21)6/h17-20H,7-16H2,1-6H3. The zero-order valence-corrected chi connectivity index (χ0v) is 16.8. The lowest BCUT2D eigenvalue weighted by Crippen LogP contribution is -2.45. The summed E-state index contributed by atoms with van der Waals surface area (Å²) in [5.41, 5.74) is 0.441. The lowest BCUT2D eigenvalue weighted by molar-refractivity contribution is 0.0993. The Hall–Kier alpha value is -0.0800. The molecule has 2 saturated heterocycles. The van der Waals surface area contributed by atoms with Gasteiger partial charge in [0.25, 0.3) is 0 Å². The minimum Gasteiger partial charge on any atom is -0.300 e. The molecule has 0 aliphatic carbocycles. The van der Waals surface area contributed by atoms with E-state index in [2.05, 4.69) is 51.5 Å². The van der Waals surface area contributed by atoms with E-state index < -0.39 is 0 Å². The fraction of sp³-hybridized carbons (Fsp3) is 1.00. The third kappa shape index (κ3) is 4.31. The van der Waals surface area contributed by atoms with Gasteiger partial charge in [0.15, 0.2) is 0 Å². The molecule has 0 saturated carbocycles. The van der Waals surface area contributed by atoms with Crippen molar-refractivity contribution in [2.75, 3.05) is 20.1 Å². The predicted molar refractivity (Wildman–Crippen MR) is 102 cm³/mol. The summed E-state index contributed by atoms with van der Waals surface area (Å²) in [6.45, 7) is 14.6. The lowest BCUT2D eigenvalue weighted by Gasteiger charge is -2.39. The molecular formula is C21H42N2. The van der Waals surface area contributed by atoms with Crippen LogP contribution >= 0.6 is 0 Å². The van der Waals surface area contributed by atoms with Crippen molar-refractivity contribution in [1.29, 1.82) is 0 Å². The second-order valence-electron chi connectivity index (χ2n) is 8.88. The van der Waals surface area contributed by atoms with Crippen molar-refractivity contribution < 1.29 is 0 Å². The first-order chi connectivity index (χ1) is 10.9. The summed E-state index contributed by atoms with van der Waals surface area (Å²) in [4.78, 5) is 5.49. The van der Waals surface area contributed by atoms with Crippen LogP contribution in [-0.4, -0.2) is 47.6 Å². The highest BCUT2D eigenvalue weighted by Gasteiger charge is 2.42. The molecule has 2 aliphatic heterocycles. The Morgan fingerprint density at radius 1 is 1.09 bits per heavy atom. The molecular weight excluding hydrogens is 280 g/mol. The smallest absolute Gasteiger partial charge is 0.0182 e. The second-order valence-corrected chi connectivity index (χ2v) is 8.88. The van der Waals surface area contributed by atoms with Crippen LogP contribution < -0.4 is 0 Å². The molecule has 2 heteroatoms. The average molecular weight is 323 g/mol. The zero-order chi connectivity index (χ0) is 17.0. The minimum atomic E-state index is 0.441. The average Bonchev–Trinajstić information content (AvgIpc) is 3.09. The van der Waals surface area contributed by atoms with Gasteiger partial charge in [0.1, 0.15) is 0 Å². The third-order valence-corrected chi connectivity index (χ3v) is 7.17. The molecule has 4 unspecified atom stereocenters. The fourth-order valence-corrected chi connectivity index (χ4v) is 5.49. The number of hydrogen-bond donors (Lipinski definition) is 0. The van der Waals surface area contributed by atoms with E-state index in [1.54, 1.807) is 0 Å². The van der Waals surface area contributed by atoms with Crippen molar-refractivity contribution in [2.45, 2.75) is 104 Å². The maximum absolute atomic E-state index is 2.76. The molecule has 0 aromatic rings. The Bertz CT molecular complexity index is 354. The third-order valence-electron chi connectivity index (χ3n) is 7.17. The molecule has 0 aromatic heterocycles. The Kier molecular flexibility index (Phi) is 6.98. The van der Waals surface area contributed by atoms with Crippen molar-refractivity contribution >= 4 is 0 Å². The van der Waals surface area contributed by atoms with Gasteiger partial charge < -0.3 is 4.90 Å². The van der Waals surface area contributed by atoms with E-state index in [9.17, 15) is 0 Å². The molecule has 2 heterocycles. The fourth-order valence-electron chi connectivity index (χ4n) is 5.49. The van der Waals surface area contributed by atoms with Gasteiger partial charge in [-0.05, 0) is 83.8 Å². The molecule has 0 radical (unpaired) electrons. The number of rotatable bonds is 8. The largest absolute Gasteiger partial charge is 0.300 e. The van der Waals surface area contributed by atoms with Gasteiger partial charge in [-0.1, -0.05) is 34.1 Å². The van der Waals surface area contributed by atoms with Crippen molar-refractivity contribution in [1.82, 2.24) is 9.80 Å². The quantitative estimate of drug-likeness (QED) is 0.608. The highest BCUT2D eigenvalue weighted by atomic mass is 15.2. The molecule has 23 heavy (non-hydrogen) atoms. The van der Waals surface area contributed by atoms with Crippen LogP contribution in [0.1, 0.15) is 86.0 Å². The SMILES string of the molecule is CCCC(CCC1(C)CCC(C(C)C)N1C)C1CCCN1CC. The van der Waals surface area contributed by atoms with Crippen LogP contribution in [0.15, 0.2) is 0 Å². The number of likely N-dealkylation sites (tertiary alicyclic amines) is 2. The summed E-state index contributed by atoms with van der Waals surface area (Å²) in [6.07, 6.45) is 11.3. The Morgan fingerprint density at radius 3 is 2.39 bits per heavy atom. The molecule has 0 aromatic carbocycles. The number of hydrogen-bond acceptors (Lipinski definition) is 2. The van der Waals surface area contributed by atoms with Crippen LogP contribution in [0, 0.1) is 11.8 Å². The minimum absolute atomic E-state index is 0.441. The normalized spacial score (nSPS) is 34.6. The van der Waals surface area contributed by atoms with E-state index in [1.807, 2.05) is 0 Å². The highest BCUT2D eigenvalue weighted by molar-refractivity contribution is 4.97. The number of nitrogens with zero attached hydrogens (tertiary/aromatic N) is 2. The van der Waals surface area contributed by atoms with E-state index in [0.717, 1.165) is 23.9 Å². The van der Waals surface area contributed by atoms with Crippen LogP contribution in [0.3, 0.4) is 0 Å². The first-order valence-electron chi connectivity index (χ1n) is 10.4. The van der Waals surface area contributed by atoms with Gasteiger partial charge in [0.2, 0.25) is 0 Å². The Balaban J connectivity index is 1.96. The van der Waals surface area contributed by atoms with Gasteiger partial charge in [-0.2, -0.15) is 0 Å². The van der Waals surface area contributed by atoms with Crippen molar-refractivity contribution in [3.63, 3.8) is 0 Å². The zero-order valence-electron chi connectivity index (χ0n) is 16.8. The molecule has 0 bridgehead atoms. The summed E-state index contributed by atoms with van der Waals surface area (Å²) in [5, 5.41) is 0. The van der Waals surface area contributed by atoms with Gasteiger partial charge >= 0.3 is 0 Å². The lowest BCUT2D eigenvalue weighted by atomic mass is 9.83. The molecule has 2 nitrogen and oxygen atoms in total. The molecule has 0 spiro atoms. The van der Waals surface area contributed by atoms with Crippen LogP contribution in [0.2, 0.25) is 0 Å². The monoisotopic (exact) mass is 322 g/mol. The van der Waals surface area contributed by atoms with Crippen molar-refractivity contribution in [3.05, 3.63) is 0 Å². The van der Waals surface area contributed by atoms with Gasteiger partial charge in [0, 0.05) is 17.6 Å². The Morgan fingerprint density at radius 2 is 1.83 bits per heavy atom. The van der Waals surface area contributed by atoms with E-state index in [4.69, 9.17) is 0 Å². The molecule has 2 aliphatic rings. The maximum atomic E-state index is 2.76. The van der Waals surface area contributed by atoms with E-state index >= 15 is 0 Å². The van der Waals surface area contributed by atoms with Crippen molar-refractivity contribution in [3.8, 4) is 0 Å². The summed E-state index contributed by atoms with van der Waals surface area (Å²) >= 11 is 0. The molecule has 0 amide bonds. The topological polar surface area (TPSA) is 6.48 Å².